The number of anilines is 1. The molecule has 0 aromatic carbocycles. The molecular formula is C16H23N5O2. The Labute approximate surface area is 135 Å². The fraction of sp³-hybridized carbons (Fsp3) is 0.562. The first kappa shape index (κ1) is 15.7. The molecule has 2 aromatic rings. The molecule has 0 aliphatic heterocycles. The number of nitrogens with zero attached hydrogens (tertiary/aromatic N) is 3. The number of fused-ring (bicyclic) bond motifs is 1. The maximum atomic E-state index is 12.3. The summed E-state index contributed by atoms with van der Waals surface area (Å²) in [5.41, 5.74) is 3.24. The summed E-state index contributed by atoms with van der Waals surface area (Å²) in [4.78, 5) is 12.3. The van der Waals surface area contributed by atoms with Crippen molar-refractivity contribution in [3.8, 4) is 0 Å². The summed E-state index contributed by atoms with van der Waals surface area (Å²) < 4.78 is 7.07. The fourth-order valence-electron chi connectivity index (χ4n) is 3.09. The molecule has 124 valence electrons. The molecule has 0 unspecified atom stereocenters. The lowest BCUT2D eigenvalue weighted by Gasteiger charge is -2.26. The van der Waals surface area contributed by atoms with Crippen molar-refractivity contribution in [3.05, 3.63) is 29.2 Å². The Hall–Kier alpha value is -2.15. The number of aryl methyl sites for hydroxylation is 2. The van der Waals surface area contributed by atoms with E-state index in [0.29, 0.717) is 5.88 Å². The Morgan fingerprint density at radius 2 is 2.39 bits per heavy atom. The second-order valence-corrected chi connectivity index (χ2v) is 6.02. The highest BCUT2D eigenvalue weighted by molar-refractivity contribution is 5.93. The van der Waals surface area contributed by atoms with Crippen molar-refractivity contribution >= 4 is 11.8 Å². The zero-order valence-corrected chi connectivity index (χ0v) is 13.8. The van der Waals surface area contributed by atoms with Gasteiger partial charge in [-0.2, -0.15) is 5.10 Å². The van der Waals surface area contributed by atoms with Crippen LogP contribution in [0.25, 0.3) is 0 Å². The van der Waals surface area contributed by atoms with E-state index in [9.17, 15) is 4.79 Å². The zero-order chi connectivity index (χ0) is 16.4. The molecule has 1 aliphatic carbocycles. The molecule has 23 heavy (non-hydrogen) atoms. The predicted molar refractivity (Wildman–Crippen MR) is 86.0 cm³/mol. The lowest BCUT2D eigenvalue weighted by atomic mass is 9.92. The number of carbonyl (C=O) groups excluding carboxylic acids is 1. The van der Waals surface area contributed by atoms with Gasteiger partial charge in [0, 0.05) is 29.9 Å². The van der Waals surface area contributed by atoms with Crippen LogP contribution in [0.1, 0.15) is 49.7 Å². The van der Waals surface area contributed by atoms with Crippen LogP contribution in [0.3, 0.4) is 0 Å². The molecule has 2 atom stereocenters. The quantitative estimate of drug-likeness (QED) is 0.883. The molecule has 0 saturated carbocycles. The summed E-state index contributed by atoms with van der Waals surface area (Å²) in [7, 11) is 0. The second-order valence-electron chi connectivity index (χ2n) is 6.02. The third-order valence-corrected chi connectivity index (χ3v) is 4.28. The maximum absolute atomic E-state index is 12.3. The first-order valence-electron chi connectivity index (χ1n) is 8.13. The highest BCUT2D eigenvalue weighted by atomic mass is 16.5. The van der Waals surface area contributed by atoms with E-state index in [2.05, 4.69) is 27.8 Å². The highest BCUT2D eigenvalue weighted by Crippen LogP contribution is 2.30. The van der Waals surface area contributed by atoms with E-state index in [4.69, 9.17) is 4.52 Å². The Balaban J connectivity index is 1.65. The molecule has 0 saturated heterocycles. The van der Waals surface area contributed by atoms with Gasteiger partial charge in [0.2, 0.25) is 11.8 Å². The van der Waals surface area contributed by atoms with Gasteiger partial charge in [-0.3, -0.25) is 20.1 Å². The van der Waals surface area contributed by atoms with E-state index >= 15 is 0 Å². The van der Waals surface area contributed by atoms with Crippen LogP contribution in [-0.2, 0) is 17.8 Å². The van der Waals surface area contributed by atoms with Crippen LogP contribution in [0.4, 0.5) is 5.88 Å². The molecular weight excluding hydrogens is 294 g/mol. The van der Waals surface area contributed by atoms with Gasteiger partial charge >= 0.3 is 0 Å². The van der Waals surface area contributed by atoms with Crippen molar-refractivity contribution in [2.24, 2.45) is 0 Å². The minimum absolute atomic E-state index is 0.129. The number of nitrogens with one attached hydrogen (secondary N) is 2. The first-order chi connectivity index (χ1) is 11.1. The average molecular weight is 317 g/mol. The van der Waals surface area contributed by atoms with E-state index in [1.54, 1.807) is 6.07 Å². The van der Waals surface area contributed by atoms with Crippen LogP contribution in [-0.4, -0.2) is 26.9 Å². The Bertz CT molecular complexity index is 690. The summed E-state index contributed by atoms with van der Waals surface area (Å²) in [6.45, 7) is 6.65. The summed E-state index contributed by atoms with van der Waals surface area (Å²) in [5, 5.41) is 14.4. The minimum Gasteiger partial charge on any atom is -0.338 e. The van der Waals surface area contributed by atoms with Crippen molar-refractivity contribution in [2.45, 2.75) is 58.7 Å². The molecule has 2 aromatic heterocycles. The molecule has 0 fully saturated rings. The molecule has 0 bridgehead atoms. The van der Waals surface area contributed by atoms with E-state index in [-0.39, 0.29) is 18.0 Å². The van der Waals surface area contributed by atoms with E-state index < -0.39 is 0 Å². The summed E-state index contributed by atoms with van der Waals surface area (Å²) in [6.07, 6.45) is 5.10. The zero-order valence-electron chi connectivity index (χ0n) is 13.8. The van der Waals surface area contributed by atoms with Crippen LogP contribution in [0, 0.1) is 6.92 Å². The van der Waals surface area contributed by atoms with E-state index in [1.165, 1.54) is 11.3 Å². The molecule has 7 nitrogen and oxygen atoms in total. The largest absolute Gasteiger partial charge is 0.338 e. The third-order valence-electron chi connectivity index (χ3n) is 4.28. The van der Waals surface area contributed by atoms with Gasteiger partial charge in [0.05, 0.1) is 17.9 Å². The lowest BCUT2D eigenvalue weighted by molar-refractivity contribution is -0.118. The van der Waals surface area contributed by atoms with Crippen molar-refractivity contribution < 1.29 is 9.32 Å². The van der Waals surface area contributed by atoms with Crippen LogP contribution in [0.5, 0.6) is 0 Å². The third kappa shape index (κ3) is 3.29. The maximum Gasteiger partial charge on any atom is 0.243 e. The van der Waals surface area contributed by atoms with E-state index in [1.807, 2.05) is 24.7 Å². The fourth-order valence-corrected chi connectivity index (χ4v) is 3.09. The Morgan fingerprint density at radius 3 is 3.09 bits per heavy atom. The normalized spacial score (nSPS) is 18.5. The molecule has 1 aliphatic rings. The monoisotopic (exact) mass is 317 g/mol. The standard InChI is InChI=1S/C16H23N5O2/c1-4-21-14-7-5-6-13(12(14)9-17-21)18-11(3)16(22)19-15-8-10(2)20-23-15/h8-9,11,13,18H,4-7H2,1-3H3,(H,19,22)/t11-,13-/m0/s1. The smallest absolute Gasteiger partial charge is 0.243 e. The number of rotatable bonds is 5. The van der Waals surface area contributed by atoms with Crippen molar-refractivity contribution in [3.63, 3.8) is 0 Å². The lowest BCUT2D eigenvalue weighted by Crippen LogP contribution is -2.41. The number of amides is 1. The molecule has 1 amide bonds. The molecule has 2 heterocycles. The Kier molecular flexibility index (Phi) is 4.47. The van der Waals surface area contributed by atoms with Crippen LogP contribution in [0.2, 0.25) is 0 Å². The topological polar surface area (TPSA) is 85.0 Å². The second kappa shape index (κ2) is 6.54. The molecule has 2 N–H and O–H groups in total. The van der Waals surface area contributed by atoms with Gasteiger partial charge in [-0.05, 0) is 40.0 Å². The summed E-state index contributed by atoms with van der Waals surface area (Å²) in [5.74, 6) is 0.250. The molecule has 0 spiro atoms. The molecule has 0 radical (unpaired) electrons. The van der Waals surface area contributed by atoms with Gasteiger partial charge in [0.25, 0.3) is 0 Å². The first-order valence-corrected chi connectivity index (χ1v) is 8.13. The number of carbonyl (C=O) groups is 1. The average Bonchev–Trinajstić information content (AvgIpc) is 3.13. The number of hydrogen-bond donors (Lipinski definition) is 2. The van der Waals surface area contributed by atoms with E-state index in [0.717, 1.165) is 31.5 Å². The highest BCUT2D eigenvalue weighted by Gasteiger charge is 2.27. The van der Waals surface area contributed by atoms with Crippen LogP contribution >= 0.6 is 0 Å². The van der Waals surface area contributed by atoms with Gasteiger partial charge in [0.1, 0.15) is 0 Å². The molecule has 7 heteroatoms. The van der Waals surface area contributed by atoms with Gasteiger partial charge < -0.3 is 4.52 Å². The summed E-state index contributed by atoms with van der Waals surface area (Å²) >= 11 is 0. The van der Waals surface area contributed by atoms with Gasteiger partial charge in [-0.1, -0.05) is 5.16 Å². The van der Waals surface area contributed by atoms with Gasteiger partial charge in [-0.15, -0.1) is 0 Å². The number of hydrogen-bond acceptors (Lipinski definition) is 5. The Morgan fingerprint density at radius 1 is 1.57 bits per heavy atom. The number of aromatic nitrogens is 3. The minimum atomic E-state index is -0.332. The van der Waals surface area contributed by atoms with Gasteiger partial charge in [0.15, 0.2) is 0 Å². The van der Waals surface area contributed by atoms with Crippen LogP contribution < -0.4 is 10.6 Å². The van der Waals surface area contributed by atoms with Crippen LogP contribution in [0.15, 0.2) is 16.8 Å². The van der Waals surface area contributed by atoms with Gasteiger partial charge in [-0.25, -0.2) is 0 Å². The van der Waals surface area contributed by atoms with Crippen molar-refractivity contribution in [1.82, 2.24) is 20.3 Å². The SMILES string of the molecule is CCn1ncc2c1CCC[C@@H]2N[C@@H](C)C(=O)Nc1cc(C)no1. The van der Waals surface area contributed by atoms with Crippen molar-refractivity contribution in [2.75, 3.05) is 5.32 Å². The predicted octanol–water partition coefficient (Wildman–Crippen LogP) is 2.19. The van der Waals surface area contributed by atoms with Crippen molar-refractivity contribution in [1.29, 1.82) is 0 Å². The molecule has 3 rings (SSSR count). The summed E-state index contributed by atoms with van der Waals surface area (Å²) in [6, 6.07) is 1.53.